The van der Waals surface area contributed by atoms with Crippen LogP contribution in [0.3, 0.4) is 0 Å². The monoisotopic (exact) mass is 251 g/mol. The molecule has 0 saturated heterocycles. The molecule has 0 aliphatic carbocycles. The number of carbonyl (C=O) groups is 2. The molecule has 5 nitrogen and oxygen atoms in total. The van der Waals surface area contributed by atoms with Crippen LogP contribution in [0.4, 0.5) is 5.69 Å². The molecule has 1 unspecified atom stereocenters. The molecule has 0 spiro atoms. The number of ether oxygens (including phenoxy) is 1. The van der Waals surface area contributed by atoms with Gasteiger partial charge in [-0.1, -0.05) is 6.92 Å². The molecule has 1 atom stereocenters. The summed E-state index contributed by atoms with van der Waals surface area (Å²) < 4.78 is 5.02. The third-order valence-corrected chi connectivity index (χ3v) is 2.67. The quantitative estimate of drug-likeness (QED) is 0.839. The minimum absolute atomic E-state index is 0.229. The number of anilines is 1. The van der Waals surface area contributed by atoms with Crippen molar-refractivity contribution < 1.29 is 19.4 Å². The van der Waals surface area contributed by atoms with Gasteiger partial charge < -0.3 is 15.2 Å². The van der Waals surface area contributed by atoms with E-state index in [-0.39, 0.29) is 11.5 Å². The van der Waals surface area contributed by atoms with Gasteiger partial charge in [-0.2, -0.15) is 0 Å². The Kier molecular flexibility index (Phi) is 4.85. The van der Waals surface area contributed by atoms with Gasteiger partial charge in [-0.3, -0.25) is 4.79 Å². The minimum Gasteiger partial charge on any atom is -0.478 e. The van der Waals surface area contributed by atoms with Gasteiger partial charge in [-0.05, 0) is 37.1 Å². The van der Waals surface area contributed by atoms with E-state index in [2.05, 4.69) is 5.32 Å². The summed E-state index contributed by atoms with van der Waals surface area (Å²) in [4.78, 5) is 22.6. The highest BCUT2D eigenvalue weighted by Gasteiger charge is 2.16. The van der Waals surface area contributed by atoms with E-state index in [4.69, 9.17) is 9.84 Å². The Morgan fingerprint density at radius 1 is 1.44 bits per heavy atom. The summed E-state index contributed by atoms with van der Waals surface area (Å²) in [5.74, 6) is -1.21. The van der Waals surface area contributed by atoms with Crippen molar-refractivity contribution in [3.63, 3.8) is 0 Å². The van der Waals surface area contributed by atoms with Crippen molar-refractivity contribution in [1.82, 2.24) is 0 Å². The fraction of sp³-hybridized carbons (Fsp3) is 0.385. The first-order chi connectivity index (χ1) is 8.49. The minimum atomic E-state index is -0.978. The molecule has 2 N–H and O–H groups in total. The van der Waals surface area contributed by atoms with Crippen LogP contribution in [0, 0.1) is 6.92 Å². The second kappa shape index (κ2) is 6.16. The molecule has 1 amide bonds. The van der Waals surface area contributed by atoms with Crippen molar-refractivity contribution >= 4 is 17.6 Å². The highest BCUT2D eigenvalue weighted by Crippen LogP contribution is 2.16. The molecule has 0 fully saturated rings. The predicted molar refractivity (Wildman–Crippen MR) is 67.9 cm³/mol. The first kappa shape index (κ1) is 14.2. The summed E-state index contributed by atoms with van der Waals surface area (Å²) in [6.07, 6.45) is 0.0820. The molecular weight excluding hydrogens is 234 g/mol. The molecule has 0 aliphatic rings. The topological polar surface area (TPSA) is 75.6 Å². The maximum atomic E-state index is 11.8. The van der Waals surface area contributed by atoms with E-state index in [0.29, 0.717) is 17.7 Å². The molecule has 1 rings (SSSR count). The number of aryl methyl sites for hydroxylation is 1. The third-order valence-electron chi connectivity index (χ3n) is 2.67. The van der Waals surface area contributed by atoms with Crippen LogP contribution in [0.15, 0.2) is 18.2 Å². The van der Waals surface area contributed by atoms with Gasteiger partial charge in [0.1, 0.15) is 6.10 Å². The summed E-state index contributed by atoms with van der Waals surface area (Å²) >= 11 is 0. The Morgan fingerprint density at radius 2 is 2.11 bits per heavy atom. The maximum Gasteiger partial charge on any atom is 0.335 e. The Bertz CT molecular complexity index is 452. The highest BCUT2D eigenvalue weighted by atomic mass is 16.5. The number of benzene rings is 1. The van der Waals surface area contributed by atoms with Crippen molar-refractivity contribution in [3.8, 4) is 0 Å². The van der Waals surface area contributed by atoms with E-state index in [9.17, 15) is 9.59 Å². The fourth-order valence-corrected chi connectivity index (χ4v) is 1.66. The number of methoxy groups -OCH3 is 1. The summed E-state index contributed by atoms with van der Waals surface area (Å²) in [6.45, 7) is 3.54. The second-order valence-corrected chi connectivity index (χ2v) is 3.96. The van der Waals surface area contributed by atoms with Gasteiger partial charge in [0, 0.05) is 12.8 Å². The Morgan fingerprint density at radius 3 is 2.56 bits per heavy atom. The highest BCUT2D eigenvalue weighted by molar-refractivity contribution is 5.95. The molecule has 1 aromatic carbocycles. The van der Waals surface area contributed by atoms with Crippen LogP contribution in [0.2, 0.25) is 0 Å². The van der Waals surface area contributed by atoms with Crippen molar-refractivity contribution in [2.75, 3.05) is 12.4 Å². The largest absolute Gasteiger partial charge is 0.478 e. The number of carbonyl (C=O) groups excluding carboxylic acids is 1. The van der Waals surface area contributed by atoms with Gasteiger partial charge in [0.25, 0.3) is 5.91 Å². The van der Waals surface area contributed by atoms with Gasteiger partial charge in [-0.25, -0.2) is 4.79 Å². The average molecular weight is 251 g/mol. The van der Waals surface area contributed by atoms with Crippen molar-refractivity contribution in [2.45, 2.75) is 26.4 Å². The Hall–Kier alpha value is -1.88. The van der Waals surface area contributed by atoms with E-state index in [1.165, 1.54) is 13.2 Å². The van der Waals surface area contributed by atoms with Crippen LogP contribution in [0.5, 0.6) is 0 Å². The number of carboxylic acid groups (broad SMARTS) is 1. The van der Waals surface area contributed by atoms with Crippen LogP contribution >= 0.6 is 0 Å². The lowest BCUT2D eigenvalue weighted by Gasteiger charge is -2.13. The zero-order valence-corrected chi connectivity index (χ0v) is 10.7. The number of hydrogen-bond donors (Lipinski definition) is 2. The molecule has 0 heterocycles. The van der Waals surface area contributed by atoms with Crippen LogP contribution in [0.1, 0.15) is 29.3 Å². The summed E-state index contributed by atoms with van der Waals surface area (Å²) in [5, 5.41) is 11.6. The molecule has 0 aromatic heterocycles. The van der Waals surface area contributed by atoms with Gasteiger partial charge in [0.05, 0.1) is 5.56 Å². The number of rotatable bonds is 5. The Labute approximate surface area is 106 Å². The number of hydrogen-bond acceptors (Lipinski definition) is 3. The van der Waals surface area contributed by atoms with Gasteiger partial charge >= 0.3 is 5.97 Å². The van der Waals surface area contributed by atoms with E-state index < -0.39 is 12.1 Å². The molecule has 0 radical (unpaired) electrons. The van der Waals surface area contributed by atoms with E-state index in [1.807, 2.05) is 6.92 Å². The van der Waals surface area contributed by atoms with Crippen LogP contribution in [0.25, 0.3) is 0 Å². The number of aromatic carboxylic acids is 1. The molecule has 0 aliphatic heterocycles. The molecule has 18 heavy (non-hydrogen) atoms. The number of nitrogens with one attached hydrogen (secondary N) is 1. The van der Waals surface area contributed by atoms with E-state index in [0.717, 1.165) is 0 Å². The summed E-state index contributed by atoms with van der Waals surface area (Å²) in [5.41, 5.74) is 1.40. The van der Waals surface area contributed by atoms with E-state index in [1.54, 1.807) is 19.1 Å². The molecule has 0 saturated carbocycles. The molecule has 5 heteroatoms. The Balaban J connectivity index is 2.83. The normalized spacial score (nSPS) is 11.9. The smallest absolute Gasteiger partial charge is 0.335 e. The first-order valence-corrected chi connectivity index (χ1v) is 5.67. The first-order valence-electron chi connectivity index (χ1n) is 5.67. The van der Waals surface area contributed by atoms with Crippen LogP contribution in [-0.2, 0) is 9.53 Å². The molecular formula is C13H17NO4. The van der Waals surface area contributed by atoms with Gasteiger partial charge in [-0.15, -0.1) is 0 Å². The molecule has 98 valence electrons. The summed E-state index contributed by atoms with van der Waals surface area (Å²) in [6, 6.07) is 4.67. The lowest BCUT2D eigenvalue weighted by Crippen LogP contribution is -2.28. The summed E-state index contributed by atoms with van der Waals surface area (Å²) in [7, 11) is 1.48. The van der Waals surface area contributed by atoms with Crippen molar-refractivity contribution in [2.24, 2.45) is 0 Å². The second-order valence-electron chi connectivity index (χ2n) is 3.96. The lowest BCUT2D eigenvalue weighted by atomic mass is 10.1. The lowest BCUT2D eigenvalue weighted by molar-refractivity contribution is -0.125. The predicted octanol–water partition coefficient (Wildman–Crippen LogP) is 2.06. The standard InChI is InChI=1S/C13H17NO4/c1-4-11(18-3)12(15)14-9-5-6-10(13(16)17)8(2)7-9/h5-7,11H,4H2,1-3H3,(H,14,15)(H,16,17). The maximum absolute atomic E-state index is 11.8. The van der Waals surface area contributed by atoms with Crippen molar-refractivity contribution in [1.29, 1.82) is 0 Å². The average Bonchev–Trinajstić information content (AvgIpc) is 2.30. The van der Waals surface area contributed by atoms with Crippen LogP contribution in [-0.4, -0.2) is 30.2 Å². The van der Waals surface area contributed by atoms with Gasteiger partial charge in [0.15, 0.2) is 0 Å². The zero-order valence-electron chi connectivity index (χ0n) is 10.7. The molecule has 0 bridgehead atoms. The molecule has 1 aromatic rings. The number of amides is 1. The zero-order chi connectivity index (χ0) is 13.7. The fourth-order valence-electron chi connectivity index (χ4n) is 1.66. The van der Waals surface area contributed by atoms with Crippen molar-refractivity contribution in [3.05, 3.63) is 29.3 Å². The van der Waals surface area contributed by atoms with Crippen LogP contribution < -0.4 is 5.32 Å². The van der Waals surface area contributed by atoms with E-state index >= 15 is 0 Å². The third kappa shape index (κ3) is 3.30. The van der Waals surface area contributed by atoms with Gasteiger partial charge in [0.2, 0.25) is 0 Å². The SMILES string of the molecule is CCC(OC)C(=O)Nc1ccc(C(=O)O)c(C)c1. The number of carboxylic acids is 1.